The molecule has 7 heteroatoms. The molecule has 1 aromatic rings. The van der Waals surface area contributed by atoms with E-state index in [9.17, 15) is 13.2 Å². The van der Waals surface area contributed by atoms with Crippen molar-refractivity contribution in [2.75, 3.05) is 20.2 Å². The molecule has 2 rings (SSSR count). The molecule has 1 fully saturated rings. The van der Waals surface area contributed by atoms with E-state index in [4.69, 9.17) is 10.5 Å². The van der Waals surface area contributed by atoms with Crippen LogP contribution >= 0.6 is 0 Å². The second-order valence-electron chi connectivity index (χ2n) is 4.69. The van der Waals surface area contributed by atoms with Gasteiger partial charge in [-0.15, -0.1) is 0 Å². The van der Waals surface area contributed by atoms with Gasteiger partial charge in [-0.05, 0) is 31.0 Å². The van der Waals surface area contributed by atoms with Gasteiger partial charge in [-0.3, -0.25) is 4.79 Å². The van der Waals surface area contributed by atoms with E-state index in [2.05, 4.69) is 0 Å². The van der Waals surface area contributed by atoms with Crippen molar-refractivity contribution in [1.82, 2.24) is 4.31 Å². The maximum absolute atomic E-state index is 12.5. The molecular formula is C13H18N2O4S. The van der Waals surface area contributed by atoms with Crippen LogP contribution in [0.25, 0.3) is 0 Å². The lowest BCUT2D eigenvalue weighted by atomic mass is 10.2. The van der Waals surface area contributed by atoms with E-state index < -0.39 is 15.9 Å². The predicted octanol–water partition coefficient (Wildman–Crippen LogP) is 0.969. The molecule has 1 amide bonds. The Labute approximate surface area is 118 Å². The maximum Gasteiger partial charge on any atom is 0.252 e. The molecule has 0 aliphatic carbocycles. The van der Waals surface area contributed by atoms with Gasteiger partial charge in [0, 0.05) is 13.1 Å². The second kappa shape index (κ2) is 5.80. The molecule has 110 valence electrons. The van der Waals surface area contributed by atoms with Crippen molar-refractivity contribution in [2.45, 2.75) is 24.2 Å². The zero-order valence-electron chi connectivity index (χ0n) is 11.3. The van der Waals surface area contributed by atoms with Crippen molar-refractivity contribution in [3.8, 4) is 5.75 Å². The molecule has 0 atom stereocenters. The molecule has 1 aliphatic heterocycles. The summed E-state index contributed by atoms with van der Waals surface area (Å²) in [6.45, 7) is 1.03. The number of ether oxygens (including phenoxy) is 1. The van der Waals surface area contributed by atoms with Gasteiger partial charge in [0.2, 0.25) is 10.0 Å². The predicted molar refractivity (Wildman–Crippen MR) is 74.1 cm³/mol. The van der Waals surface area contributed by atoms with E-state index >= 15 is 0 Å². The Kier molecular flexibility index (Phi) is 4.29. The van der Waals surface area contributed by atoms with Crippen molar-refractivity contribution < 1.29 is 17.9 Å². The third-order valence-electron chi connectivity index (χ3n) is 3.39. The van der Waals surface area contributed by atoms with Gasteiger partial charge in [0.1, 0.15) is 5.75 Å². The minimum atomic E-state index is -3.57. The molecule has 0 aromatic heterocycles. The molecule has 6 nitrogen and oxygen atoms in total. The Balaban J connectivity index is 2.41. The van der Waals surface area contributed by atoms with Crippen LogP contribution in [0.3, 0.4) is 0 Å². The van der Waals surface area contributed by atoms with Gasteiger partial charge in [-0.2, -0.15) is 4.31 Å². The van der Waals surface area contributed by atoms with Gasteiger partial charge in [-0.25, -0.2) is 8.42 Å². The first-order valence-electron chi connectivity index (χ1n) is 6.45. The number of hydrogen-bond donors (Lipinski definition) is 1. The number of carbonyl (C=O) groups is 1. The number of nitrogens with two attached hydrogens (primary N) is 1. The van der Waals surface area contributed by atoms with E-state index in [-0.39, 0.29) is 16.2 Å². The molecule has 20 heavy (non-hydrogen) atoms. The Hall–Kier alpha value is -1.60. The number of carbonyl (C=O) groups excluding carboxylic acids is 1. The summed E-state index contributed by atoms with van der Waals surface area (Å²) in [6, 6.07) is 4.18. The van der Waals surface area contributed by atoms with Gasteiger partial charge in [0.05, 0.1) is 17.6 Å². The fourth-order valence-electron chi connectivity index (χ4n) is 2.29. The monoisotopic (exact) mass is 298 g/mol. The molecular weight excluding hydrogens is 280 g/mol. The van der Waals surface area contributed by atoms with Crippen LogP contribution in [-0.2, 0) is 10.0 Å². The van der Waals surface area contributed by atoms with Gasteiger partial charge in [0.25, 0.3) is 5.91 Å². The van der Waals surface area contributed by atoms with Gasteiger partial charge < -0.3 is 10.5 Å². The average molecular weight is 298 g/mol. The Morgan fingerprint density at radius 1 is 1.25 bits per heavy atom. The van der Waals surface area contributed by atoms with Crippen LogP contribution in [0, 0.1) is 0 Å². The molecule has 1 heterocycles. The van der Waals surface area contributed by atoms with E-state index in [1.54, 1.807) is 0 Å². The van der Waals surface area contributed by atoms with Gasteiger partial charge >= 0.3 is 0 Å². The summed E-state index contributed by atoms with van der Waals surface area (Å²) < 4.78 is 31.4. The summed E-state index contributed by atoms with van der Waals surface area (Å²) in [5.74, 6) is -0.437. The number of amides is 1. The average Bonchev–Trinajstić information content (AvgIpc) is 2.47. The van der Waals surface area contributed by atoms with Crippen molar-refractivity contribution in [2.24, 2.45) is 5.73 Å². The molecule has 0 bridgehead atoms. The van der Waals surface area contributed by atoms with Crippen molar-refractivity contribution in [3.63, 3.8) is 0 Å². The normalized spacial score (nSPS) is 16.9. The standard InChI is InChI=1S/C13H18N2O4S/c1-19-12-6-5-10(9-11(12)13(14)16)20(17,18)15-7-3-2-4-8-15/h5-6,9H,2-4,7-8H2,1H3,(H2,14,16). The Bertz CT molecular complexity index is 607. The molecule has 0 radical (unpaired) electrons. The number of piperidine rings is 1. The van der Waals surface area contributed by atoms with Crippen molar-refractivity contribution in [3.05, 3.63) is 23.8 Å². The summed E-state index contributed by atoms with van der Waals surface area (Å²) >= 11 is 0. The van der Waals surface area contributed by atoms with E-state index in [0.717, 1.165) is 19.3 Å². The minimum absolute atomic E-state index is 0.0746. The van der Waals surface area contributed by atoms with Crippen LogP contribution in [0.4, 0.5) is 0 Å². The topological polar surface area (TPSA) is 89.7 Å². The lowest BCUT2D eigenvalue weighted by Gasteiger charge is -2.26. The lowest BCUT2D eigenvalue weighted by Crippen LogP contribution is -2.35. The highest BCUT2D eigenvalue weighted by molar-refractivity contribution is 7.89. The van der Waals surface area contributed by atoms with Crippen LogP contribution in [0.2, 0.25) is 0 Å². The first kappa shape index (κ1) is 14.8. The van der Waals surface area contributed by atoms with E-state index in [1.807, 2.05) is 0 Å². The number of nitrogens with zero attached hydrogens (tertiary/aromatic N) is 1. The molecule has 1 aromatic carbocycles. The fourth-order valence-corrected chi connectivity index (χ4v) is 3.84. The minimum Gasteiger partial charge on any atom is -0.496 e. The van der Waals surface area contributed by atoms with Crippen molar-refractivity contribution in [1.29, 1.82) is 0 Å². The first-order chi connectivity index (χ1) is 9.46. The quantitative estimate of drug-likeness (QED) is 0.897. The van der Waals surface area contributed by atoms with Gasteiger partial charge in [0.15, 0.2) is 0 Å². The molecule has 1 saturated heterocycles. The van der Waals surface area contributed by atoms with E-state index in [0.29, 0.717) is 13.1 Å². The summed E-state index contributed by atoms with van der Waals surface area (Å²) in [5, 5.41) is 0. The Morgan fingerprint density at radius 3 is 2.45 bits per heavy atom. The third-order valence-corrected chi connectivity index (χ3v) is 5.28. The smallest absolute Gasteiger partial charge is 0.252 e. The molecule has 0 saturated carbocycles. The number of hydrogen-bond acceptors (Lipinski definition) is 4. The number of benzene rings is 1. The second-order valence-corrected chi connectivity index (χ2v) is 6.63. The highest BCUT2D eigenvalue weighted by Gasteiger charge is 2.27. The fraction of sp³-hybridized carbons (Fsp3) is 0.462. The van der Waals surface area contributed by atoms with E-state index in [1.165, 1.54) is 29.6 Å². The van der Waals surface area contributed by atoms with Crippen LogP contribution in [-0.4, -0.2) is 38.8 Å². The van der Waals surface area contributed by atoms with Crippen LogP contribution in [0.5, 0.6) is 5.75 Å². The number of sulfonamides is 1. The third kappa shape index (κ3) is 2.78. The number of primary amides is 1. The highest BCUT2D eigenvalue weighted by Crippen LogP contribution is 2.25. The molecule has 0 unspecified atom stereocenters. The van der Waals surface area contributed by atoms with Crippen LogP contribution in [0.15, 0.2) is 23.1 Å². The highest BCUT2D eigenvalue weighted by atomic mass is 32.2. The Morgan fingerprint density at radius 2 is 1.90 bits per heavy atom. The summed E-state index contributed by atoms with van der Waals surface area (Å²) in [7, 11) is -2.17. The number of rotatable bonds is 4. The molecule has 0 spiro atoms. The zero-order valence-corrected chi connectivity index (χ0v) is 12.1. The van der Waals surface area contributed by atoms with Gasteiger partial charge in [-0.1, -0.05) is 6.42 Å². The molecule has 2 N–H and O–H groups in total. The van der Waals surface area contributed by atoms with Crippen LogP contribution < -0.4 is 10.5 Å². The molecule has 1 aliphatic rings. The zero-order chi connectivity index (χ0) is 14.8. The summed E-state index contributed by atoms with van der Waals surface area (Å²) in [4.78, 5) is 11.4. The summed E-state index contributed by atoms with van der Waals surface area (Å²) in [5.41, 5.74) is 5.33. The van der Waals surface area contributed by atoms with Crippen molar-refractivity contribution >= 4 is 15.9 Å². The summed E-state index contributed by atoms with van der Waals surface area (Å²) in [6.07, 6.45) is 2.76. The lowest BCUT2D eigenvalue weighted by molar-refractivity contribution is 0.0997. The largest absolute Gasteiger partial charge is 0.496 e. The van der Waals surface area contributed by atoms with Crippen LogP contribution in [0.1, 0.15) is 29.6 Å². The first-order valence-corrected chi connectivity index (χ1v) is 7.89. The SMILES string of the molecule is COc1ccc(S(=O)(=O)N2CCCCC2)cc1C(N)=O. The number of methoxy groups -OCH3 is 1. The maximum atomic E-state index is 12.5.